The van der Waals surface area contributed by atoms with E-state index in [1.54, 1.807) is 43.9 Å². The number of nitrogens with zero attached hydrogens (tertiary/aromatic N) is 4. The second-order valence-electron chi connectivity index (χ2n) is 5.48. The lowest BCUT2D eigenvalue weighted by Gasteiger charge is -2.23. The van der Waals surface area contributed by atoms with Gasteiger partial charge in [0.1, 0.15) is 5.69 Å². The fourth-order valence-electron chi connectivity index (χ4n) is 2.43. The van der Waals surface area contributed by atoms with Crippen molar-refractivity contribution >= 4 is 35.0 Å². The Bertz CT molecular complexity index is 739. The van der Waals surface area contributed by atoms with E-state index in [-0.39, 0.29) is 18.1 Å². The number of carbonyl (C=O) groups excluding carboxylic acids is 1. The first-order chi connectivity index (χ1) is 12.2. The topological polar surface area (TPSA) is 51.0 Å². The van der Waals surface area contributed by atoms with Crippen molar-refractivity contribution in [1.82, 2.24) is 14.8 Å². The molecule has 2 heterocycles. The second kappa shape index (κ2) is 8.77. The van der Waals surface area contributed by atoms with Crippen LogP contribution in [0.15, 0.2) is 30.7 Å². The minimum absolute atomic E-state index is 0.0978. The number of halogens is 4. The van der Waals surface area contributed by atoms with E-state index in [4.69, 9.17) is 11.6 Å². The Labute approximate surface area is 158 Å². The van der Waals surface area contributed by atoms with Crippen molar-refractivity contribution in [3.63, 3.8) is 0 Å². The van der Waals surface area contributed by atoms with E-state index in [9.17, 15) is 18.0 Å². The van der Waals surface area contributed by atoms with Crippen molar-refractivity contribution in [3.8, 4) is 5.69 Å². The first kappa shape index (κ1) is 20.6. The number of amides is 1. The van der Waals surface area contributed by atoms with Crippen molar-refractivity contribution in [1.29, 1.82) is 0 Å². The minimum atomic E-state index is -4.31. The lowest BCUT2D eigenvalue weighted by Crippen LogP contribution is -2.33. The van der Waals surface area contributed by atoms with Crippen LogP contribution in [-0.4, -0.2) is 44.9 Å². The third-order valence-electron chi connectivity index (χ3n) is 3.66. The zero-order chi connectivity index (χ0) is 19.3. The molecule has 1 amide bonds. The molecule has 0 saturated heterocycles. The maximum absolute atomic E-state index is 12.6. The number of aromatic nitrogens is 3. The molecule has 26 heavy (non-hydrogen) atoms. The fraction of sp³-hybridized carbons (Fsp3) is 0.438. The van der Waals surface area contributed by atoms with E-state index in [0.29, 0.717) is 11.4 Å². The maximum atomic E-state index is 12.6. The van der Waals surface area contributed by atoms with Crippen molar-refractivity contribution in [2.24, 2.45) is 0 Å². The summed E-state index contributed by atoms with van der Waals surface area (Å²) in [5, 5.41) is 3.41. The molecule has 2 rings (SSSR count). The van der Waals surface area contributed by atoms with Gasteiger partial charge in [-0.25, -0.2) is 4.68 Å². The third-order valence-corrected chi connectivity index (χ3v) is 4.93. The summed E-state index contributed by atoms with van der Waals surface area (Å²) in [5.41, 5.74) is 1.01. The Morgan fingerprint density at radius 2 is 2.19 bits per heavy atom. The van der Waals surface area contributed by atoms with Gasteiger partial charge in [0.05, 0.1) is 24.5 Å². The molecule has 0 bridgehead atoms. The molecule has 142 valence electrons. The molecule has 0 aromatic carbocycles. The van der Waals surface area contributed by atoms with Crippen LogP contribution in [-0.2, 0) is 4.79 Å². The summed E-state index contributed by atoms with van der Waals surface area (Å²) in [4.78, 5) is 17.9. The monoisotopic (exact) mass is 406 g/mol. The summed E-state index contributed by atoms with van der Waals surface area (Å²) < 4.78 is 39.4. The first-order valence-corrected chi connectivity index (χ1v) is 9.47. The molecule has 10 heteroatoms. The maximum Gasteiger partial charge on any atom is 0.390 e. The standard InChI is InChI=1S/C16H18ClF3N4OS/c1-3-23(14(25)7-12(26-2)8-16(18,19)20)13-10-24(22-15(13)17)11-5-4-6-21-9-11/h4-6,9-10,12H,3,7-8H2,1-2H3. The van der Waals surface area contributed by atoms with Gasteiger partial charge in [-0.15, -0.1) is 0 Å². The molecule has 2 aromatic rings. The predicted octanol–water partition coefficient (Wildman–Crippen LogP) is 4.35. The fourth-order valence-corrected chi connectivity index (χ4v) is 3.33. The van der Waals surface area contributed by atoms with Crippen molar-refractivity contribution in [3.05, 3.63) is 35.9 Å². The Hall–Kier alpha value is -1.74. The number of thioether (sulfide) groups is 1. The van der Waals surface area contributed by atoms with Crippen LogP contribution in [0, 0.1) is 0 Å². The molecule has 2 aromatic heterocycles. The first-order valence-electron chi connectivity index (χ1n) is 7.80. The van der Waals surface area contributed by atoms with E-state index < -0.39 is 23.8 Å². The molecule has 0 saturated carbocycles. The molecular formula is C16H18ClF3N4OS. The molecule has 1 atom stereocenters. The van der Waals surface area contributed by atoms with Gasteiger partial charge in [0.15, 0.2) is 5.15 Å². The second-order valence-corrected chi connectivity index (χ2v) is 6.98. The van der Waals surface area contributed by atoms with Gasteiger partial charge in [0.25, 0.3) is 0 Å². The van der Waals surface area contributed by atoms with Gasteiger partial charge in [-0.1, -0.05) is 11.6 Å². The molecule has 0 radical (unpaired) electrons. The van der Waals surface area contributed by atoms with Gasteiger partial charge in [0.2, 0.25) is 5.91 Å². The summed E-state index contributed by atoms with van der Waals surface area (Å²) >= 11 is 7.18. The summed E-state index contributed by atoms with van der Waals surface area (Å²) in [5.74, 6) is -0.427. The van der Waals surface area contributed by atoms with Crippen LogP contribution >= 0.6 is 23.4 Å². The van der Waals surface area contributed by atoms with Crippen molar-refractivity contribution < 1.29 is 18.0 Å². The average Bonchev–Trinajstić information content (AvgIpc) is 2.96. The van der Waals surface area contributed by atoms with Gasteiger partial charge < -0.3 is 4.90 Å². The van der Waals surface area contributed by atoms with Crippen LogP contribution in [0.2, 0.25) is 5.15 Å². The van der Waals surface area contributed by atoms with Crippen LogP contribution < -0.4 is 4.90 Å². The number of rotatable bonds is 7. The Balaban J connectivity index is 2.20. The summed E-state index contributed by atoms with van der Waals surface area (Å²) in [6.45, 7) is 2.00. The molecule has 0 fully saturated rings. The Morgan fingerprint density at radius 1 is 1.46 bits per heavy atom. The van der Waals surface area contributed by atoms with E-state index in [2.05, 4.69) is 10.1 Å². The highest BCUT2D eigenvalue weighted by molar-refractivity contribution is 7.99. The van der Waals surface area contributed by atoms with Crippen LogP contribution in [0.25, 0.3) is 5.69 Å². The van der Waals surface area contributed by atoms with E-state index in [0.717, 1.165) is 11.8 Å². The summed E-state index contributed by atoms with van der Waals surface area (Å²) in [6.07, 6.45) is 0.766. The van der Waals surface area contributed by atoms with Crippen LogP contribution in [0.4, 0.5) is 18.9 Å². The molecule has 0 aliphatic heterocycles. The van der Waals surface area contributed by atoms with E-state index in [1.165, 1.54) is 9.58 Å². The lowest BCUT2D eigenvalue weighted by atomic mass is 10.2. The summed E-state index contributed by atoms with van der Waals surface area (Å²) in [7, 11) is 0. The van der Waals surface area contributed by atoms with Gasteiger partial charge in [-0.2, -0.15) is 30.0 Å². The normalized spacial score (nSPS) is 12.8. The molecule has 1 unspecified atom stereocenters. The Morgan fingerprint density at radius 3 is 2.73 bits per heavy atom. The number of hydrogen-bond acceptors (Lipinski definition) is 4. The highest BCUT2D eigenvalue weighted by Crippen LogP contribution is 2.31. The van der Waals surface area contributed by atoms with Crippen LogP contribution in [0.5, 0.6) is 0 Å². The molecule has 0 aliphatic carbocycles. The minimum Gasteiger partial charge on any atom is -0.308 e. The number of anilines is 1. The SMILES string of the molecule is CCN(C(=O)CC(CC(F)(F)F)SC)c1cn(-c2cccnc2)nc1Cl. The average molecular weight is 407 g/mol. The molecular weight excluding hydrogens is 389 g/mol. The predicted molar refractivity (Wildman–Crippen MR) is 97.0 cm³/mol. The molecule has 0 N–H and O–H groups in total. The largest absolute Gasteiger partial charge is 0.390 e. The van der Waals surface area contributed by atoms with Crippen molar-refractivity contribution in [2.75, 3.05) is 17.7 Å². The van der Waals surface area contributed by atoms with E-state index >= 15 is 0 Å². The van der Waals surface area contributed by atoms with Gasteiger partial charge in [-0.05, 0) is 25.3 Å². The quantitative estimate of drug-likeness (QED) is 0.686. The zero-order valence-electron chi connectivity index (χ0n) is 14.2. The smallest absolute Gasteiger partial charge is 0.308 e. The molecule has 0 spiro atoms. The van der Waals surface area contributed by atoms with Gasteiger partial charge in [0, 0.05) is 24.4 Å². The zero-order valence-corrected chi connectivity index (χ0v) is 15.8. The van der Waals surface area contributed by atoms with Crippen LogP contribution in [0.3, 0.4) is 0 Å². The van der Waals surface area contributed by atoms with Gasteiger partial charge >= 0.3 is 6.18 Å². The molecule has 5 nitrogen and oxygen atoms in total. The summed E-state index contributed by atoms with van der Waals surface area (Å²) in [6, 6.07) is 3.50. The number of hydrogen-bond donors (Lipinski definition) is 0. The third kappa shape index (κ3) is 5.38. The number of alkyl halides is 3. The van der Waals surface area contributed by atoms with Crippen molar-refractivity contribution in [2.45, 2.75) is 31.2 Å². The van der Waals surface area contributed by atoms with Crippen LogP contribution in [0.1, 0.15) is 19.8 Å². The highest BCUT2D eigenvalue weighted by atomic mass is 35.5. The highest BCUT2D eigenvalue weighted by Gasteiger charge is 2.33. The number of pyridine rings is 1. The number of carbonyl (C=O) groups is 1. The van der Waals surface area contributed by atoms with Gasteiger partial charge in [-0.3, -0.25) is 9.78 Å². The Kier molecular flexibility index (Phi) is 6.94. The van der Waals surface area contributed by atoms with E-state index in [1.807, 2.05) is 0 Å². The molecule has 0 aliphatic rings. The lowest BCUT2D eigenvalue weighted by molar-refractivity contribution is -0.135.